The van der Waals surface area contributed by atoms with Crippen molar-refractivity contribution in [2.45, 2.75) is 31.8 Å². The zero-order chi connectivity index (χ0) is 13.8. The summed E-state index contributed by atoms with van der Waals surface area (Å²) in [6.07, 6.45) is 4.01. The molecule has 0 bridgehead atoms. The van der Waals surface area contributed by atoms with Gasteiger partial charge >= 0.3 is 0 Å². The smallest absolute Gasteiger partial charge is 0.161 e. The number of rotatable bonds is 4. The van der Waals surface area contributed by atoms with E-state index in [-0.39, 0.29) is 0 Å². The number of nitrogens with zero attached hydrogens (tertiary/aromatic N) is 1. The molecule has 1 unspecified atom stereocenters. The van der Waals surface area contributed by atoms with E-state index in [0.717, 1.165) is 24.6 Å². The van der Waals surface area contributed by atoms with Gasteiger partial charge in [-0.2, -0.15) is 0 Å². The van der Waals surface area contributed by atoms with Crippen molar-refractivity contribution in [2.24, 2.45) is 0 Å². The van der Waals surface area contributed by atoms with Crippen LogP contribution in [0.5, 0.6) is 11.5 Å². The highest BCUT2D eigenvalue weighted by atomic mass is 16.6. The summed E-state index contributed by atoms with van der Waals surface area (Å²) in [6.45, 7) is 4.48. The van der Waals surface area contributed by atoms with Gasteiger partial charge < -0.3 is 19.7 Å². The normalized spacial score (nSPS) is 22.8. The molecule has 3 rings (SSSR count). The summed E-state index contributed by atoms with van der Waals surface area (Å²) in [5.74, 6) is 1.75. The van der Waals surface area contributed by atoms with E-state index in [9.17, 15) is 0 Å². The number of fused-ring (bicyclic) bond motifs is 1. The second kappa shape index (κ2) is 6.46. The molecule has 1 atom stereocenters. The summed E-state index contributed by atoms with van der Waals surface area (Å²) in [6, 6.07) is 6.90. The Kier molecular flexibility index (Phi) is 4.43. The van der Waals surface area contributed by atoms with Crippen molar-refractivity contribution in [3.8, 4) is 11.5 Å². The molecule has 1 N–H and O–H groups in total. The minimum Gasteiger partial charge on any atom is -0.486 e. The van der Waals surface area contributed by atoms with Gasteiger partial charge in [0.1, 0.15) is 13.2 Å². The lowest BCUT2D eigenvalue weighted by molar-refractivity contribution is 0.171. The molecule has 4 heteroatoms. The SMILES string of the molecule is CN1CCCCC1CNCc1ccc2c(c1)OCCO2. The molecule has 0 saturated carbocycles. The van der Waals surface area contributed by atoms with Gasteiger partial charge in [0, 0.05) is 19.1 Å². The third-order valence-electron chi connectivity index (χ3n) is 4.24. The summed E-state index contributed by atoms with van der Waals surface area (Å²) < 4.78 is 11.2. The van der Waals surface area contributed by atoms with Gasteiger partial charge in [0.05, 0.1) is 0 Å². The van der Waals surface area contributed by atoms with Gasteiger partial charge in [0.25, 0.3) is 0 Å². The lowest BCUT2D eigenvalue weighted by atomic mass is 10.0. The molecule has 0 amide bonds. The largest absolute Gasteiger partial charge is 0.486 e. The standard InChI is InChI=1S/C16H24N2O2/c1-18-7-3-2-4-14(18)12-17-11-13-5-6-15-16(10-13)20-9-8-19-15/h5-6,10,14,17H,2-4,7-9,11-12H2,1H3. The topological polar surface area (TPSA) is 33.7 Å². The third-order valence-corrected chi connectivity index (χ3v) is 4.24. The Hall–Kier alpha value is -1.26. The highest BCUT2D eigenvalue weighted by Gasteiger charge is 2.18. The van der Waals surface area contributed by atoms with Gasteiger partial charge in [-0.1, -0.05) is 12.5 Å². The first-order valence-electron chi connectivity index (χ1n) is 7.62. The van der Waals surface area contributed by atoms with E-state index in [1.807, 2.05) is 6.07 Å². The van der Waals surface area contributed by atoms with Gasteiger partial charge in [-0.05, 0) is 44.1 Å². The van der Waals surface area contributed by atoms with Crippen LogP contribution in [-0.2, 0) is 6.54 Å². The maximum Gasteiger partial charge on any atom is 0.161 e. The molecule has 0 aromatic heterocycles. The summed E-state index contributed by atoms with van der Waals surface area (Å²) >= 11 is 0. The Labute approximate surface area is 121 Å². The number of piperidine rings is 1. The number of nitrogens with one attached hydrogen (secondary N) is 1. The molecule has 4 nitrogen and oxygen atoms in total. The predicted octanol–water partition coefficient (Wildman–Crippen LogP) is 2.03. The molecule has 0 aliphatic carbocycles. The maximum absolute atomic E-state index is 5.62. The van der Waals surface area contributed by atoms with E-state index in [1.54, 1.807) is 0 Å². The van der Waals surface area contributed by atoms with Gasteiger partial charge in [-0.15, -0.1) is 0 Å². The summed E-state index contributed by atoms with van der Waals surface area (Å²) in [7, 11) is 2.23. The number of benzene rings is 1. The van der Waals surface area contributed by atoms with E-state index in [0.29, 0.717) is 19.3 Å². The van der Waals surface area contributed by atoms with Crippen molar-refractivity contribution in [3.63, 3.8) is 0 Å². The summed E-state index contributed by atoms with van der Waals surface area (Å²) in [5.41, 5.74) is 1.26. The van der Waals surface area contributed by atoms with Crippen LogP contribution in [0.4, 0.5) is 0 Å². The second-order valence-corrected chi connectivity index (χ2v) is 5.74. The van der Waals surface area contributed by atoms with E-state index >= 15 is 0 Å². The van der Waals surface area contributed by atoms with Crippen LogP contribution in [0.25, 0.3) is 0 Å². The Balaban J connectivity index is 1.50. The highest BCUT2D eigenvalue weighted by Crippen LogP contribution is 2.30. The first kappa shape index (κ1) is 13.7. The first-order valence-corrected chi connectivity index (χ1v) is 7.62. The van der Waals surface area contributed by atoms with Crippen molar-refractivity contribution in [1.29, 1.82) is 0 Å². The zero-order valence-corrected chi connectivity index (χ0v) is 12.2. The van der Waals surface area contributed by atoms with Crippen LogP contribution in [0, 0.1) is 0 Å². The first-order chi connectivity index (χ1) is 9.83. The Morgan fingerprint density at radius 2 is 2.05 bits per heavy atom. The Morgan fingerprint density at radius 1 is 1.20 bits per heavy atom. The van der Waals surface area contributed by atoms with Crippen molar-refractivity contribution < 1.29 is 9.47 Å². The molecule has 1 aromatic carbocycles. The number of ether oxygens (including phenoxy) is 2. The summed E-state index contributed by atoms with van der Waals surface area (Å²) in [5, 5.41) is 3.57. The Bertz CT molecular complexity index is 450. The molecule has 2 aliphatic rings. The van der Waals surface area contributed by atoms with Crippen LogP contribution in [0.2, 0.25) is 0 Å². The van der Waals surface area contributed by atoms with Crippen molar-refractivity contribution in [2.75, 3.05) is 33.4 Å². The van der Waals surface area contributed by atoms with Crippen molar-refractivity contribution in [1.82, 2.24) is 10.2 Å². The van der Waals surface area contributed by atoms with Gasteiger partial charge in [0.15, 0.2) is 11.5 Å². The van der Waals surface area contributed by atoms with Crippen molar-refractivity contribution in [3.05, 3.63) is 23.8 Å². The van der Waals surface area contributed by atoms with E-state index < -0.39 is 0 Å². The molecule has 0 spiro atoms. The van der Waals surface area contributed by atoms with Crippen LogP contribution in [-0.4, -0.2) is 44.3 Å². The molecule has 2 aliphatic heterocycles. The number of likely N-dealkylation sites (N-methyl/N-ethyl adjacent to an activating group) is 1. The fourth-order valence-corrected chi connectivity index (χ4v) is 2.98. The predicted molar refractivity (Wildman–Crippen MR) is 79.4 cm³/mol. The zero-order valence-electron chi connectivity index (χ0n) is 12.2. The van der Waals surface area contributed by atoms with Crippen LogP contribution in [0.3, 0.4) is 0 Å². The summed E-state index contributed by atoms with van der Waals surface area (Å²) in [4.78, 5) is 2.47. The van der Waals surface area contributed by atoms with Crippen LogP contribution in [0.15, 0.2) is 18.2 Å². The molecule has 1 fully saturated rings. The average molecular weight is 276 g/mol. The molecule has 110 valence electrons. The molecule has 1 aromatic rings. The van der Waals surface area contributed by atoms with Gasteiger partial charge in [-0.3, -0.25) is 0 Å². The fourth-order valence-electron chi connectivity index (χ4n) is 2.98. The van der Waals surface area contributed by atoms with Crippen LogP contribution >= 0.6 is 0 Å². The second-order valence-electron chi connectivity index (χ2n) is 5.74. The van der Waals surface area contributed by atoms with Crippen LogP contribution in [0.1, 0.15) is 24.8 Å². The lowest BCUT2D eigenvalue weighted by Gasteiger charge is -2.32. The van der Waals surface area contributed by atoms with E-state index in [1.165, 1.54) is 31.4 Å². The minimum atomic E-state index is 0.650. The molecule has 20 heavy (non-hydrogen) atoms. The number of hydrogen-bond acceptors (Lipinski definition) is 4. The van der Waals surface area contributed by atoms with Gasteiger partial charge in [0.2, 0.25) is 0 Å². The molecular formula is C16H24N2O2. The molecular weight excluding hydrogens is 252 g/mol. The molecule has 1 saturated heterocycles. The fraction of sp³-hybridized carbons (Fsp3) is 0.625. The lowest BCUT2D eigenvalue weighted by Crippen LogP contribution is -2.42. The van der Waals surface area contributed by atoms with Gasteiger partial charge in [-0.25, -0.2) is 0 Å². The Morgan fingerprint density at radius 3 is 2.90 bits per heavy atom. The minimum absolute atomic E-state index is 0.650. The third kappa shape index (κ3) is 3.25. The van der Waals surface area contributed by atoms with E-state index in [4.69, 9.17) is 9.47 Å². The quantitative estimate of drug-likeness (QED) is 0.912. The van der Waals surface area contributed by atoms with Crippen molar-refractivity contribution >= 4 is 0 Å². The highest BCUT2D eigenvalue weighted by molar-refractivity contribution is 5.43. The number of hydrogen-bond donors (Lipinski definition) is 1. The molecule has 0 radical (unpaired) electrons. The van der Waals surface area contributed by atoms with E-state index in [2.05, 4.69) is 29.4 Å². The number of likely N-dealkylation sites (tertiary alicyclic amines) is 1. The van der Waals surface area contributed by atoms with Crippen LogP contribution < -0.4 is 14.8 Å². The monoisotopic (exact) mass is 276 g/mol. The maximum atomic E-state index is 5.62. The molecule has 2 heterocycles. The average Bonchev–Trinajstić information content (AvgIpc) is 2.49.